The Morgan fingerprint density at radius 1 is 1.30 bits per heavy atom. The van der Waals surface area contributed by atoms with Crippen LogP contribution in [0.3, 0.4) is 0 Å². The molecule has 0 amide bonds. The summed E-state index contributed by atoms with van der Waals surface area (Å²) in [5.41, 5.74) is 0. The highest BCUT2D eigenvalue weighted by Gasteiger charge is 1.88. The van der Waals surface area contributed by atoms with E-state index in [-0.39, 0.29) is 0 Å². The summed E-state index contributed by atoms with van der Waals surface area (Å²) >= 11 is 0. The first-order valence-corrected chi connectivity index (χ1v) is 4.47. The van der Waals surface area contributed by atoms with Gasteiger partial charge in [-0.05, 0) is 12.3 Å². The second kappa shape index (κ2) is 6.85. The number of hydrogen-bond donors (Lipinski definition) is 0. The summed E-state index contributed by atoms with van der Waals surface area (Å²) in [4.78, 5) is 0. The summed E-state index contributed by atoms with van der Waals surface area (Å²) in [6, 6.07) is 0. The molecule has 0 heterocycles. The molecule has 0 radical (unpaired) electrons. The van der Waals surface area contributed by atoms with E-state index in [2.05, 4.69) is 32.9 Å². The summed E-state index contributed by atoms with van der Waals surface area (Å²) in [5.74, 6) is 0.775. The summed E-state index contributed by atoms with van der Waals surface area (Å²) in [6.45, 7) is 6.73. The van der Waals surface area contributed by atoms with Gasteiger partial charge in [-0.15, -0.1) is 0 Å². The Labute approximate surface area is 65.3 Å². The van der Waals surface area contributed by atoms with Crippen LogP contribution in [0.2, 0.25) is 0 Å². The second-order valence-corrected chi connectivity index (χ2v) is 2.96. The molecule has 0 saturated carbocycles. The highest BCUT2D eigenvalue weighted by atomic mass is 13.9. The van der Waals surface area contributed by atoms with E-state index < -0.39 is 0 Å². The third kappa shape index (κ3) is 5.87. The van der Waals surface area contributed by atoms with Gasteiger partial charge in [0.2, 0.25) is 0 Å². The van der Waals surface area contributed by atoms with E-state index >= 15 is 0 Å². The van der Waals surface area contributed by atoms with Crippen LogP contribution in [0.1, 0.15) is 46.5 Å². The molecule has 0 fully saturated rings. The minimum atomic E-state index is 0.775. The van der Waals surface area contributed by atoms with Crippen molar-refractivity contribution in [2.75, 3.05) is 0 Å². The van der Waals surface area contributed by atoms with Crippen LogP contribution in [-0.2, 0) is 0 Å². The van der Waals surface area contributed by atoms with Gasteiger partial charge in [0, 0.05) is 0 Å². The van der Waals surface area contributed by atoms with E-state index in [1.165, 1.54) is 25.7 Å². The van der Waals surface area contributed by atoms with Crippen LogP contribution < -0.4 is 0 Å². The quantitative estimate of drug-likeness (QED) is 0.402. The fourth-order valence-electron chi connectivity index (χ4n) is 0.787. The molecule has 0 aliphatic carbocycles. The molecule has 0 aliphatic rings. The Kier molecular flexibility index (Phi) is 6.68. The molecule has 0 rings (SSSR count). The second-order valence-electron chi connectivity index (χ2n) is 2.96. The van der Waals surface area contributed by atoms with Gasteiger partial charge in [-0.2, -0.15) is 0 Å². The molecule has 0 bridgehead atoms. The molecule has 0 aromatic heterocycles. The predicted molar refractivity (Wildman–Crippen MR) is 48.1 cm³/mol. The van der Waals surface area contributed by atoms with Gasteiger partial charge in [0.05, 0.1) is 0 Å². The molecule has 0 spiro atoms. The van der Waals surface area contributed by atoms with E-state index in [4.69, 9.17) is 0 Å². The summed E-state index contributed by atoms with van der Waals surface area (Å²) in [5, 5.41) is 0. The van der Waals surface area contributed by atoms with Gasteiger partial charge in [-0.25, -0.2) is 0 Å². The lowest BCUT2D eigenvalue weighted by Gasteiger charge is -1.98. The smallest absolute Gasteiger partial charge is 0.0265 e. The zero-order valence-electron chi connectivity index (χ0n) is 7.56. The Hall–Kier alpha value is -0.260. The van der Waals surface area contributed by atoms with Crippen LogP contribution in [0.5, 0.6) is 0 Å². The first-order valence-electron chi connectivity index (χ1n) is 4.47. The van der Waals surface area contributed by atoms with E-state index in [0.29, 0.717) is 0 Å². The lowest BCUT2D eigenvalue weighted by molar-refractivity contribution is 0.691. The number of hydrogen-bond acceptors (Lipinski definition) is 0. The van der Waals surface area contributed by atoms with Gasteiger partial charge >= 0.3 is 0 Å². The molecule has 0 heteroatoms. The van der Waals surface area contributed by atoms with Crippen LogP contribution in [0.4, 0.5) is 0 Å². The van der Waals surface area contributed by atoms with E-state index in [0.717, 1.165) is 5.92 Å². The molecule has 0 nitrogen and oxygen atoms in total. The zero-order chi connectivity index (χ0) is 7.82. The number of allylic oxidation sites excluding steroid dienone is 2. The van der Waals surface area contributed by atoms with Gasteiger partial charge in [0.25, 0.3) is 0 Å². The van der Waals surface area contributed by atoms with Crippen LogP contribution >= 0.6 is 0 Å². The van der Waals surface area contributed by atoms with Crippen LogP contribution in [0, 0.1) is 5.92 Å². The third-order valence-electron chi connectivity index (χ3n) is 1.83. The van der Waals surface area contributed by atoms with Crippen molar-refractivity contribution in [3.63, 3.8) is 0 Å². The molecular formula is C10H20. The van der Waals surface area contributed by atoms with Gasteiger partial charge < -0.3 is 0 Å². The molecule has 0 saturated heterocycles. The first-order chi connectivity index (χ1) is 4.81. The molecule has 1 atom stereocenters. The molecular weight excluding hydrogens is 120 g/mol. The molecule has 0 aliphatic heterocycles. The van der Waals surface area contributed by atoms with Crippen LogP contribution in [0.15, 0.2) is 12.2 Å². The fraction of sp³-hybridized carbons (Fsp3) is 0.800. The van der Waals surface area contributed by atoms with Crippen molar-refractivity contribution < 1.29 is 0 Å². The molecule has 0 aromatic rings. The van der Waals surface area contributed by atoms with Crippen molar-refractivity contribution in [2.24, 2.45) is 5.92 Å². The monoisotopic (exact) mass is 140 g/mol. The Morgan fingerprint density at radius 3 is 2.50 bits per heavy atom. The van der Waals surface area contributed by atoms with E-state index in [1.807, 2.05) is 0 Å². The maximum absolute atomic E-state index is 2.33. The minimum absolute atomic E-state index is 0.775. The highest BCUT2D eigenvalue weighted by molar-refractivity contribution is 4.85. The Balaban J connectivity index is 3.18. The minimum Gasteiger partial charge on any atom is -0.0883 e. The first kappa shape index (κ1) is 9.74. The molecule has 0 aromatic carbocycles. The Morgan fingerprint density at radius 2 is 2.00 bits per heavy atom. The number of unbranched alkanes of at least 4 members (excludes halogenated alkanes) is 2. The standard InChI is InChI=1S/C10H20/c1-4-6-7-8-9-10(3)5-2/h8-10H,4-7H2,1-3H3/b9-8+. The highest BCUT2D eigenvalue weighted by Crippen LogP contribution is 2.04. The summed E-state index contributed by atoms with van der Waals surface area (Å²) < 4.78 is 0. The van der Waals surface area contributed by atoms with Crippen molar-refractivity contribution in [3.05, 3.63) is 12.2 Å². The molecule has 1 unspecified atom stereocenters. The summed E-state index contributed by atoms with van der Waals surface area (Å²) in [7, 11) is 0. The maximum atomic E-state index is 2.33. The normalized spacial score (nSPS) is 14.3. The lowest BCUT2D eigenvalue weighted by atomic mass is 10.1. The molecule has 10 heavy (non-hydrogen) atoms. The van der Waals surface area contributed by atoms with Crippen molar-refractivity contribution in [1.82, 2.24) is 0 Å². The van der Waals surface area contributed by atoms with Crippen LogP contribution in [-0.4, -0.2) is 0 Å². The van der Waals surface area contributed by atoms with Gasteiger partial charge in [-0.3, -0.25) is 0 Å². The lowest BCUT2D eigenvalue weighted by Crippen LogP contribution is -1.83. The van der Waals surface area contributed by atoms with Gasteiger partial charge in [0.1, 0.15) is 0 Å². The van der Waals surface area contributed by atoms with Gasteiger partial charge in [0.15, 0.2) is 0 Å². The Bertz CT molecular complexity index is 82.0. The van der Waals surface area contributed by atoms with E-state index in [1.54, 1.807) is 0 Å². The maximum Gasteiger partial charge on any atom is -0.0265 e. The predicted octanol–water partition coefficient (Wildman–Crippen LogP) is 3.78. The average Bonchev–Trinajstić information content (AvgIpc) is 1.98. The molecule has 60 valence electrons. The van der Waals surface area contributed by atoms with Crippen molar-refractivity contribution >= 4 is 0 Å². The topological polar surface area (TPSA) is 0 Å². The van der Waals surface area contributed by atoms with Crippen molar-refractivity contribution in [2.45, 2.75) is 46.5 Å². The van der Waals surface area contributed by atoms with Crippen LogP contribution in [0.25, 0.3) is 0 Å². The largest absolute Gasteiger partial charge is 0.0883 e. The average molecular weight is 140 g/mol. The number of rotatable bonds is 5. The summed E-state index contributed by atoms with van der Waals surface area (Å²) in [6.07, 6.45) is 9.83. The molecule has 0 N–H and O–H groups in total. The van der Waals surface area contributed by atoms with Gasteiger partial charge in [-0.1, -0.05) is 52.2 Å². The third-order valence-corrected chi connectivity index (χ3v) is 1.83. The van der Waals surface area contributed by atoms with Crippen molar-refractivity contribution in [1.29, 1.82) is 0 Å². The SMILES string of the molecule is CCCC/C=C/C(C)CC. The fourth-order valence-corrected chi connectivity index (χ4v) is 0.787. The van der Waals surface area contributed by atoms with E-state index in [9.17, 15) is 0 Å². The zero-order valence-corrected chi connectivity index (χ0v) is 7.56. The van der Waals surface area contributed by atoms with Crippen molar-refractivity contribution in [3.8, 4) is 0 Å².